The summed E-state index contributed by atoms with van der Waals surface area (Å²) in [5.74, 6) is 5.66. The number of nitrogens with zero attached hydrogens (tertiary/aromatic N) is 1. The maximum absolute atomic E-state index is 12.0. The zero-order chi connectivity index (χ0) is 15.2. The van der Waals surface area contributed by atoms with Crippen molar-refractivity contribution >= 4 is 22.9 Å². The third kappa shape index (κ3) is 4.15. The molecule has 0 saturated heterocycles. The van der Waals surface area contributed by atoms with Crippen LogP contribution in [0.25, 0.3) is 0 Å². The summed E-state index contributed by atoms with van der Waals surface area (Å²) in [6.07, 6.45) is 0.439. The van der Waals surface area contributed by atoms with Gasteiger partial charge in [0.1, 0.15) is 5.69 Å². The Morgan fingerprint density at radius 3 is 2.90 bits per heavy atom. The van der Waals surface area contributed by atoms with Crippen molar-refractivity contribution in [1.29, 1.82) is 0 Å². The first-order chi connectivity index (χ1) is 10.1. The molecule has 1 heterocycles. The van der Waals surface area contributed by atoms with Gasteiger partial charge in [0.05, 0.1) is 11.6 Å². The quantitative estimate of drug-likeness (QED) is 0.857. The first-order valence-corrected chi connectivity index (χ1v) is 7.42. The van der Waals surface area contributed by atoms with E-state index >= 15 is 0 Å². The molecule has 5 heteroatoms. The second-order valence-corrected chi connectivity index (χ2v) is 5.57. The van der Waals surface area contributed by atoms with Gasteiger partial charge in [0, 0.05) is 23.1 Å². The molecular weight excluding hydrogens is 284 g/mol. The van der Waals surface area contributed by atoms with E-state index in [0.29, 0.717) is 17.8 Å². The van der Waals surface area contributed by atoms with Gasteiger partial charge in [-0.1, -0.05) is 17.9 Å². The van der Waals surface area contributed by atoms with Crippen LogP contribution in [0.1, 0.15) is 33.0 Å². The van der Waals surface area contributed by atoms with Gasteiger partial charge in [-0.2, -0.15) is 0 Å². The fraction of sp³-hybridized carbons (Fsp3) is 0.250. The lowest BCUT2D eigenvalue weighted by Gasteiger charge is -2.05. The molecule has 1 amide bonds. The van der Waals surface area contributed by atoms with Crippen molar-refractivity contribution in [1.82, 2.24) is 4.98 Å². The maximum atomic E-state index is 12.0. The molecule has 1 aromatic heterocycles. The van der Waals surface area contributed by atoms with Crippen LogP contribution in [0.4, 0.5) is 5.69 Å². The summed E-state index contributed by atoms with van der Waals surface area (Å²) >= 11 is 1.44. The number of aliphatic hydroxyl groups is 1. The standard InChI is InChI=1S/C16H16N2O2S/c1-11-6-7-14(9-13(11)5-3-4-8-19)18-16(20)15-10-21-12(2)17-15/h6-7,9-10,19H,4,8H2,1-2H3,(H,18,20). The average molecular weight is 300 g/mol. The summed E-state index contributed by atoms with van der Waals surface area (Å²) in [6, 6.07) is 5.57. The second-order valence-electron chi connectivity index (χ2n) is 4.51. The molecule has 0 fully saturated rings. The van der Waals surface area contributed by atoms with Crippen molar-refractivity contribution in [3.8, 4) is 11.8 Å². The monoisotopic (exact) mass is 300 g/mol. The first-order valence-electron chi connectivity index (χ1n) is 6.54. The van der Waals surface area contributed by atoms with E-state index in [-0.39, 0.29) is 12.5 Å². The van der Waals surface area contributed by atoms with E-state index in [4.69, 9.17) is 5.11 Å². The molecule has 0 aliphatic heterocycles. The zero-order valence-electron chi connectivity index (χ0n) is 11.9. The number of thiazole rings is 1. The van der Waals surface area contributed by atoms with Crippen molar-refractivity contribution < 1.29 is 9.90 Å². The van der Waals surface area contributed by atoms with Crippen LogP contribution in [0.15, 0.2) is 23.6 Å². The lowest BCUT2D eigenvalue weighted by atomic mass is 10.1. The second kappa shape index (κ2) is 7.02. The molecule has 21 heavy (non-hydrogen) atoms. The molecule has 108 valence electrons. The number of carbonyl (C=O) groups is 1. The Morgan fingerprint density at radius 2 is 2.24 bits per heavy atom. The van der Waals surface area contributed by atoms with E-state index in [1.54, 1.807) is 5.38 Å². The van der Waals surface area contributed by atoms with Gasteiger partial charge >= 0.3 is 0 Å². The third-order valence-electron chi connectivity index (χ3n) is 2.81. The molecule has 0 radical (unpaired) electrons. The van der Waals surface area contributed by atoms with Gasteiger partial charge in [0.25, 0.3) is 5.91 Å². The van der Waals surface area contributed by atoms with E-state index in [2.05, 4.69) is 22.1 Å². The van der Waals surface area contributed by atoms with Gasteiger partial charge in [-0.3, -0.25) is 4.79 Å². The van der Waals surface area contributed by atoms with Crippen LogP contribution in [0.5, 0.6) is 0 Å². The van der Waals surface area contributed by atoms with Gasteiger partial charge in [-0.15, -0.1) is 11.3 Å². The summed E-state index contributed by atoms with van der Waals surface area (Å²) in [4.78, 5) is 16.2. The number of carbonyl (C=O) groups excluding carboxylic acids is 1. The van der Waals surface area contributed by atoms with Gasteiger partial charge in [-0.25, -0.2) is 4.98 Å². The maximum Gasteiger partial charge on any atom is 0.275 e. The molecule has 0 saturated carbocycles. The number of hydrogen-bond donors (Lipinski definition) is 2. The van der Waals surface area contributed by atoms with E-state index in [1.807, 2.05) is 32.0 Å². The fourth-order valence-electron chi connectivity index (χ4n) is 1.71. The Balaban J connectivity index is 2.16. The van der Waals surface area contributed by atoms with Crippen molar-refractivity contribution in [2.24, 2.45) is 0 Å². The third-order valence-corrected chi connectivity index (χ3v) is 3.58. The predicted molar refractivity (Wildman–Crippen MR) is 84.6 cm³/mol. The zero-order valence-corrected chi connectivity index (χ0v) is 12.8. The Kier molecular flexibility index (Phi) is 5.09. The minimum atomic E-state index is -0.225. The minimum Gasteiger partial charge on any atom is -0.395 e. The molecule has 0 aliphatic rings. The highest BCUT2D eigenvalue weighted by Gasteiger charge is 2.10. The van der Waals surface area contributed by atoms with E-state index in [1.165, 1.54) is 11.3 Å². The normalized spacial score (nSPS) is 9.86. The number of nitrogens with one attached hydrogen (secondary N) is 1. The van der Waals surface area contributed by atoms with Crippen LogP contribution in [0.3, 0.4) is 0 Å². The van der Waals surface area contributed by atoms with Crippen LogP contribution in [-0.2, 0) is 0 Å². The lowest BCUT2D eigenvalue weighted by Crippen LogP contribution is -2.12. The molecule has 2 aromatic rings. The molecule has 2 N–H and O–H groups in total. The fourth-order valence-corrected chi connectivity index (χ4v) is 2.30. The molecule has 2 rings (SSSR count). The highest BCUT2D eigenvalue weighted by atomic mass is 32.1. The highest BCUT2D eigenvalue weighted by Crippen LogP contribution is 2.16. The van der Waals surface area contributed by atoms with E-state index in [9.17, 15) is 4.79 Å². The lowest BCUT2D eigenvalue weighted by molar-refractivity contribution is 0.102. The van der Waals surface area contributed by atoms with E-state index in [0.717, 1.165) is 16.1 Å². The Labute approximate surface area is 127 Å². The number of benzene rings is 1. The van der Waals surface area contributed by atoms with Gasteiger partial charge in [0.15, 0.2) is 0 Å². The number of anilines is 1. The number of aliphatic hydroxyl groups excluding tert-OH is 1. The molecule has 0 bridgehead atoms. The topological polar surface area (TPSA) is 62.2 Å². The number of aryl methyl sites for hydroxylation is 2. The van der Waals surface area contributed by atoms with E-state index < -0.39 is 0 Å². The Hall–Kier alpha value is -2.16. The Morgan fingerprint density at radius 1 is 1.43 bits per heavy atom. The molecule has 1 aromatic carbocycles. The molecule has 0 unspecified atom stereocenters. The number of aromatic nitrogens is 1. The predicted octanol–water partition coefficient (Wildman–Crippen LogP) is 2.75. The van der Waals surface area contributed by atoms with Crippen LogP contribution < -0.4 is 5.32 Å². The first kappa shape index (κ1) is 15.2. The molecule has 0 spiro atoms. The summed E-state index contributed by atoms with van der Waals surface area (Å²) < 4.78 is 0. The molecule has 0 aliphatic carbocycles. The number of rotatable bonds is 3. The van der Waals surface area contributed by atoms with Crippen molar-refractivity contribution in [3.63, 3.8) is 0 Å². The largest absolute Gasteiger partial charge is 0.395 e. The summed E-state index contributed by atoms with van der Waals surface area (Å²) in [7, 11) is 0. The number of hydrogen-bond acceptors (Lipinski definition) is 4. The van der Waals surface area contributed by atoms with Gasteiger partial charge in [0.2, 0.25) is 0 Å². The van der Waals surface area contributed by atoms with Crippen LogP contribution in [0.2, 0.25) is 0 Å². The van der Waals surface area contributed by atoms with Crippen LogP contribution >= 0.6 is 11.3 Å². The molecular formula is C16H16N2O2S. The summed E-state index contributed by atoms with van der Waals surface area (Å²) in [6.45, 7) is 3.87. The van der Waals surface area contributed by atoms with Crippen molar-refractivity contribution in [2.75, 3.05) is 11.9 Å². The molecule has 4 nitrogen and oxygen atoms in total. The molecule has 0 atom stereocenters. The smallest absolute Gasteiger partial charge is 0.275 e. The Bertz CT molecular complexity index is 711. The minimum absolute atomic E-state index is 0.0473. The SMILES string of the molecule is Cc1nc(C(=O)Nc2ccc(C)c(C#CCCO)c2)cs1. The van der Waals surface area contributed by atoms with Crippen LogP contribution in [-0.4, -0.2) is 22.6 Å². The van der Waals surface area contributed by atoms with Crippen LogP contribution in [0, 0.1) is 25.7 Å². The van der Waals surface area contributed by atoms with Gasteiger partial charge < -0.3 is 10.4 Å². The number of amides is 1. The van der Waals surface area contributed by atoms with Crippen molar-refractivity contribution in [2.45, 2.75) is 20.3 Å². The highest BCUT2D eigenvalue weighted by molar-refractivity contribution is 7.09. The van der Waals surface area contributed by atoms with Gasteiger partial charge in [-0.05, 0) is 31.5 Å². The van der Waals surface area contributed by atoms with Crippen molar-refractivity contribution in [3.05, 3.63) is 45.4 Å². The summed E-state index contributed by atoms with van der Waals surface area (Å²) in [5, 5.41) is 14.2. The summed E-state index contributed by atoms with van der Waals surface area (Å²) in [5.41, 5.74) is 2.98. The average Bonchev–Trinajstić information content (AvgIpc) is 2.89.